The average molecular weight is 404 g/mol. The third-order valence-corrected chi connectivity index (χ3v) is 4.40. The molecule has 0 unspecified atom stereocenters. The summed E-state index contributed by atoms with van der Waals surface area (Å²) in [5.74, 6) is 0.410. The molecule has 0 saturated carbocycles. The lowest BCUT2D eigenvalue weighted by molar-refractivity contribution is 0.162. The van der Waals surface area contributed by atoms with Gasteiger partial charge in [0.2, 0.25) is 0 Å². The van der Waals surface area contributed by atoms with Crippen molar-refractivity contribution in [2.24, 2.45) is 0 Å². The van der Waals surface area contributed by atoms with Gasteiger partial charge in [0.05, 0.1) is 22.8 Å². The van der Waals surface area contributed by atoms with Crippen molar-refractivity contribution in [2.75, 3.05) is 24.7 Å². The first-order valence-electron chi connectivity index (χ1n) is 8.55. The number of rotatable bonds is 3. The van der Waals surface area contributed by atoms with Gasteiger partial charge in [-0.15, -0.1) is 0 Å². The number of anilines is 2. The zero-order valence-electron chi connectivity index (χ0n) is 14.8. The molecule has 1 aromatic heterocycles. The monoisotopic (exact) mass is 403 g/mol. The Morgan fingerprint density at radius 2 is 2.00 bits per heavy atom. The summed E-state index contributed by atoms with van der Waals surface area (Å²) in [6.45, 7) is 2.59. The number of carbonyl (C=O) groups is 1. The second-order valence-corrected chi connectivity index (χ2v) is 6.22. The van der Waals surface area contributed by atoms with Gasteiger partial charge in [-0.05, 0) is 25.1 Å². The van der Waals surface area contributed by atoms with Crippen LogP contribution in [0.15, 0.2) is 36.7 Å². The van der Waals surface area contributed by atoms with Gasteiger partial charge in [0, 0.05) is 11.5 Å². The van der Waals surface area contributed by atoms with E-state index in [0.29, 0.717) is 35.6 Å². The molecule has 0 aliphatic carbocycles. The maximum atomic E-state index is 14.7. The van der Waals surface area contributed by atoms with Crippen LogP contribution in [0.2, 0.25) is 5.02 Å². The van der Waals surface area contributed by atoms with Crippen molar-refractivity contribution in [3.8, 4) is 11.5 Å². The number of halogens is 2. The van der Waals surface area contributed by atoms with Crippen molar-refractivity contribution in [3.05, 3.63) is 47.5 Å². The van der Waals surface area contributed by atoms with Crippen LogP contribution in [0.25, 0.3) is 10.9 Å². The molecular weight excluding hydrogens is 389 g/mol. The minimum Gasteiger partial charge on any atom is -0.486 e. The first kappa shape index (κ1) is 18.2. The van der Waals surface area contributed by atoms with Gasteiger partial charge in [0.25, 0.3) is 0 Å². The Morgan fingerprint density at radius 3 is 2.75 bits per heavy atom. The Kier molecular flexibility index (Phi) is 4.87. The second-order valence-electron chi connectivity index (χ2n) is 5.82. The molecule has 28 heavy (non-hydrogen) atoms. The number of aromatic nitrogens is 2. The third kappa shape index (κ3) is 3.16. The summed E-state index contributed by atoms with van der Waals surface area (Å²) >= 11 is 5.92. The van der Waals surface area contributed by atoms with E-state index in [1.807, 2.05) is 0 Å². The summed E-state index contributed by atoms with van der Waals surface area (Å²) < 4.78 is 31.1. The van der Waals surface area contributed by atoms with Gasteiger partial charge in [-0.1, -0.05) is 17.7 Å². The Morgan fingerprint density at radius 1 is 1.25 bits per heavy atom. The van der Waals surface area contributed by atoms with Gasteiger partial charge in [0.15, 0.2) is 23.1 Å². The van der Waals surface area contributed by atoms with E-state index in [2.05, 4.69) is 9.97 Å². The average Bonchev–Trinajstić information content (AvgIpc) is 2.70. The molecule has 0 atom stereocenters. The first-order valence-corrected chi connectivity index (χ1v) is 8.93. The van der Waals surface area contributed by atoms with Crippen LogP contribution in [-0.2, 0) is 4.74 Å². The SMILES string of the molecule is CCOC(=O)N(c1cccc(Cl)c1F)c1ncnc2cc3c(cc12)OCCO3. The van der Waals surface area contributed by atoms with Crippen molar-refractivity contribution in [3.63, 3.8) is 0 Å². The Hall–Kier alpha value is -3.13. The molecule has 0 bridgehead atoms. The number of fused-ring (bicyclic) bond motifs is 2. The highest BCUT2D eigenvalue weighted by molar-refractivity contribution is 6.31. The van der Waals surface area contributed by atoms with E-state index in [1.54, 1.807) is 19.1 Å². The fraction of sp³-hybridized carbons (Fsp3) is 0.211. The van der Waals surface area contributed by atoms with Crippen LogP contribution < -0.4 is 14.4 Å². The molecule has 7 nitrogen and oxygen atoms in total. The second kappa shape index (κ2) is 7.47. The smallest absolute Gasteiger partial charge is 0.420 e. The number of benzene rings is 2. The van der Waals surface area contributed by atoms with E-state index in [9.17, 15) is 9.18 Å². The lowest BCUT2D eigenvalue weighted by Crippen LogP contribution is -2.29. The summed E-state index contributed by atoms with van der Waals surface area (Å²) in [7, 11) is 0. The van der Waals surface area contributed by atoms with Gasteiger partial charge in [-0.3, -0.25) is 0 Å². The first-order chi connectivity index (χ1) is 13.6. The van der Waals surface area contributed by atoms with Gasteiger partial charge in [-0.25, -0.2) is 24.1 Å². The summed E-state index contributed by atoms with van der Waals surface area (Å²) in [4.78, 5) is 22.2. The summed E-state index contributed by atoms with van der Waals surface area (Å²) in [5, 5.41) is 0.346. The van der Waals surface area contributed by atoms with Gasteiger partial charge < -0.3 is 14.2 Å². The molecule has 0 saturated heterocycles. The van der Waals surface area contributed by atoms with E-state index in [-0.39, 0.29) is 23.1 Å². The quantitative estimate of drug-likeness (QED) is 0.641. The summed E-state index contributed by atoms with van der Waals surface area (Å²) in [6.07, 6.45) is 0.487. The van der Waals surface area contributed by atoms with Crippen LogP contribution in [0.3, 0.4) is 0 Å². The molecule has 2 heterocycles. The molecule has 4 rings (SSSR count). The molecule has 0 radical (unpaired) electrons. The summed E-state index contributed by atoms with van der Waals surface area (Å²) in [5.41, 5.74) is 0.423. The molecule has 9 heteroatoms. The molecule has 2 aromatic carbocycles. The Labute approximate surface area is 164 Å². The summed E-state index contributed by atoms with van der Waals surface area (Å²) in [6, 6.07) is 7.70. The lowest BCUT2D eigenvalue weighted by Gasteiger charge is -2.24. The minimum atomic E-state index is -0.793. The van der Waals surface area contributed by atoms with E-state index >= 15 is 0 Å². The van der Waals surface area contributed by atoms with Crippen molar-refractivity contribution < 1.29 is 23.4 Å². The zero-order valence-corrected chi connectivity index (χ0v) is 15.6. The number of hydrogen-bond donors (Lipinski definition) is 0. The van der Waals surface area contributed by atoms with Crippen molar-refractivity contribution >= 4 is 40.1 Å². The maximum Gasteiger partial charge on any atom is 0.420 e. The van der Waals surface area contributed by atoms with Gasteiger partial charge in [-0.2, -0.15) is 0 Å². The Bertz CT molecular complexity index is 1060. The standard InChI is InChI=1S/C19H15ClFN3O4/c1-2-26-19(25)24(14-5-3-4-12(20)17(14)21)18-11-8-15-16(28-7-6-27-15)9-13(11)22-10-23-18/h3-5,8-10H,2,6-7H2,1H3. The van der Waals surface area contributed by atoms with Gasteiger partial charge >= 0.3 is 6.09 Å². The predicted octanol–water partition coefficient (Wildman–Crippen LogP) is 4.49. The Balaban J connectivity index is 1.94. The zero-order chi connectivity index (χ0) is 19.7. The molecular formula is C19H15ClFN3O4. The fourth-order valence-electron chi connectivity index (χ4n) is 2.91. The molecule has 0 fully saturated rings. The predicted molar refractivity (Wildman–Crippen MR) is 101 cm³/mol. The lowest BCUT2D eigenvalue weighted by atomic mass is 10.1. The number of ether oxygens (including phenoxy) is 3. The highest BCUT2D eigenvalue weighted by Crippen LogP contribution is 2.39. The normalized spacial score (nSPS) is 12.7. The molecule has 0 spiro atoms. The topological polar surface area (TPSA) is 73.8 Å². The third-order valence-electron chi connectivity index (χ3n) is 4.11. The number of hydrogen-bond acceptors (Lipinski definition) is 6. The molecule has 0 N–H and O–H groups in total. The fourth-order valence-corrected chi connectivity index (χ4v) is 3.08. The molecule has 144 valence electrons. The molecule has 1 amide bonds. The molecule has 1 aliphatic heterocycles. The van der Waals surface area contributed by atoms with Crippen molar-refractivity contribution in [2.45, 2.75) is 6.92 Å². The number of carbonyl (C=O) groups excluding carboxylic acids is 1. The van der Waals surface area contributed by atoms with Crippen molar-refractivity contribution in [1.29, 1.82) is 0 Å². The van der Waals surface area contributed by atoms with E-state index in [0.717, 1.165) is 4.90 Å². The highest BCUT2D eigenvalue weighted by Gasteiger charge is 2.27. The van der Waals surface area contributed by atoms with E-state index in [4.69, 9.17) is 25.8 Å². The minimum absolute atomic E-state index is 0.0826. The van der Waals surface area contributed by atoms with Crippen LogP contribution in [-0.4, -0.2) is 35.9 Å². The van der Waals surface area contributed by atoms with Crippen LogP contribution >= 0.6 is 11.6 Å². The van der Waals surface area contributed by atoms with E-state index < -0.39 is 11.9 Å². The largest absolute Gasteiger partial charge is 0.486 e. The van der Waals surface area contributed by atoms with Crippen LogP contribution in [0, 0.1) is 5.82 Å². The number of nitrogens with zero attached hydrogens (tertiary/aromatic N) is 3. The van der Waals surface area contributed by atoms with E-state index in [1.165, 1.54) is 24.5 Å². The molecule has 3 aromatic rings. The van der Waals surface area contributed by atoms with Gasteiger partial charge in [0.1, 0.15) is 19.5 Å². The van der Waals surface area contributed by atoms with Crippen LogP contribution in [0.1, 0.15) is 6.92 Å². The van der Waals surface area contributed by atoms with Crippen LogP contribution in [0.4, 0.5) is 20.7 Å². The number of amides is 1. The van der Waals surface area contributed by atoms with Crippen LogP contribution in [0.5, 0.6) is 11.5 Å². The maximum absolute atomic E-state index is 14.7. The highest BCUT2D eigenvalue weighted by atomic mass is 35.5. The molecule has 1 aliphatic rings. The van der Waals surface area contributed by atoms with Crippen molar-refractivity contribution in [1.82, 2.24) is 9.97 Å².